The summed E-state index contributed by atoms with van der Waals surface area (Å²) in [5.41, 5.74) is 1.77. The fraction of sp³-hybridized carbons (Fsp3) is 0.211. The van der Waals surface area contributed by atoms with Gasteiger partial charge in [-0.15, -0.1) is 0 Å². The average Bonchev–Trinajstić information content (AvgIpc) is 3.11. The molecule has 0 aliphatic heterocycles. The van der Waals surface area contributed by atoms with Crippen LogP contribution in [0.25, 0.3) is 11.4 Å². The number of rotatable bonds is 7. The van der Waals surface area contributed by atoms with Gasteiger partial charge in [0.15, 0.2) is 0 Å². The zero-order chi connectivity index (χ0) is 18.4. The molecule has 0 fully saturated rings. The second kappa shape index (κ2) is 8.58. The summed E-state index contributed by atoms with van der Waals surface area (Å²) in [4.78, 5) is 16.2. The molecule has 5 nitrogen and oxygen atoms in total. The number of amides is 1. The Balaban J connectivity index is 1.43. The lowest BCUT2D eigenvalue weighted by molar-refractivity contribution is -0.121. The van der Waals surface area contributed by atoms with Crippen molar-refractivity contribution in [3.05, 3.63) is 70.8 Å². The lowest BCUT2D eigenvalue weighted by Crippen LogP contribution is -2.25. The van der Waals surface area contributed by atoms with E-state index in [4.69, 9.17) is 16.1 Å². The van der Waals surface area contributed by atoms with Gasteiger partial charge in [-0.3, -0.25) is 4.79 Å². The van der Waals surface area contributed by atoms with E-state index in [9.17, 15) is 9.18 Å². The summed E-state index contributed by atoms with van der Waals surface area (Å²) in [5.74, 6) is 0.505. The molecule has 134 valence electrons. The first-order valence-corrected chi connectivity index (χ1v) is 8.57. The van der Waals surface area contributed by atoms with Crippen LogP contribution in [0.3, 0.4) is 0 Å². The van der Waals surface area contributed by atoms with E-state index in [1.165, 1.54) is 12.1 Å². The van der Waals surface area contributed by atoms with Gasteiger partial charge >= 0.3 is 0 Å². The van der Waals surface area contributed by atoms with Crippen molar-refractivity contribution in [1.29, 1.82) is 0 Å². The van der Waals surface area contributed by atoms with Gasteiger partial charge in [0.2, 0.25) is 17.6 Å². The average molecular weight is 374 g/mol. The molecule has 0 bridgehead atoms. The number of hydrogen-bond acceptors (Lipinski definition) is 4. The van der Waals surface area contributed by atoms with Crippen LogP contribution in [0, 0.1) is 5.82 Å². The van der Waals surface area contributed by atoms with E-state index in [1.807, 2.05) is 0 Å². The first-order valence-electron chi connectivity index (χ1n) is 8.20. The number of nitrogens with one attached hydrogen (secondary N) is 1. The Bertz CT molecular complexity index is 863. The van der Waals surface area contributed by atoms with E-state index in [0.29, 0.717) is 36.1 Å². The van der Waals surface area contributed by atoms with E-state index in [1.54, 1.807) is 36.4 Å². The Morgan fingerprint density at radius 2 is 1.81 bits per heavy atom. The van der Waals surface area contributed by atoms with Gasteiger partial charge in [0.25, 0.3) is 0 Å². The van der Waals surface area contributed by atoms with Crippen molar-refractivity contribution in [1.82, 2.24) is 15.5 Å². The summed E-state index contributed by atoms with van der Waals surface area (Å²) in [6.07, 6.45) is 1.27. The van der Waals surface area contributed by atoms with Crippen molar-refractivity contribution in [3.63, 3.8) is 0 Å². The maximum absolute atomic E-state index is 12.8. The molecule has 1 heterocycles. The smallest absolute Gasteiger partial charge is 0.227 e. The molecule has 0 atom stereocenters. The van der Waals surface area contributed by atoms with Gasteiger partial charge in [-0.05, 0) is 48.4 Å². The minimum atomic E-state index is -0.268. The Labute approximate surface area is 155 Å². The van der Waals surface area contributed by atoms with Crippen LogP contribution in [0.15, 0.2) is 53.1 Å². The van der Waals surface area contributed by atoms with Gasteiger partial charge in [0, 0.05) is 30.0 Å². The maximum Gasteiger partial charge on any atom is 0.227 e. The first-order chi connectivity index (χ1) is 12.6. The lowest BCUT2D eigenvalue weighted by atomic mass is 10.1. The zero-order valence-electron chi connectivity index (χ0n) is 13.9. The van der Waals surface area contributed by atoms with Crippen LogP contribution in [-0.2, 0) is 17.6 Å². The third-order valence-electron chi connectivity index (χ3n) is 3.79. The molecule has 0 saturated heterocycles. The van der Waals surface area contributed by atoms with Crippen LogP contribution < -0.4 is 5.32 Å². The van der Waals surface area contributed by atoms with Crippen molar-refractivity contribution >= 4 is 17.5 Å². The second-order valence-electron chi connectivity index (χ2n) is 5.75. The van der Waals surface area contributed by atoms with Crippen molar-refractivity contribution in [2.24, 2.45) is 0 Å². The standard InChI is InChI=1S/C19H17ClFN3O2/c20-15-5-3-14(4-6-15)19-23-18(26-24-19)10-9-17(25)22-12-11-13-1-7-16(21)8-2-13/h1-8H,9-12H2,(H,22,25). The van der Waals surface area contributed by atoms with Gasteiger partial charge in [-0.1, -0.05) is 28.9 Å². The number of halogens is 2. The number of aryl methyl sites for hydroxylation is 1. The molecule has 26 heavy (non-hydrogen) atoms. The summed E-state index contributed by atoms with van der Waals surface area (Å²) >= 11 is 5.85. The van der Waals surface area contributed by atoms with Gasteiger partial charge < -0.3 is 9.84 Å². The molecule has 0 saturated carbocycles. The highest BCUT2D eigenvalue weighted by atomic mass is 35.5. The molecule has 1 amide bonds. The van der Waals surface area contributed by atoms with Gasteiger partial charge in [0.05, 0.1) is 0 Å². The highest BCUT2D eigenvalue weighted by Gasteiger charge is 2.10. The van der Waals surface area contributed by atoms with Gasteiger partial charge in [-0.25, -0.2) is 4.39 Å². The monoisotopic (exact) mass is 373 g/mol. The highest BCUT2D eigenvalue weighted by Crippen LogP contribution is 2.18. The zero-order valence-corrected chi connectivity index (χ0v) is 14.7. The Hall–Kier alpha value is -2.73. The van der Waals surface area contributed by atoms with Crippen LogP contribution in [0.4, 0.5) is 4.39 Å². The van der Waals surface area contributed by atoms with Crippen LogP contribution >= 0.6 is 11.6 Å². The Kier molecular flexibility index (Phi) is 5.96. The second-order valence-corrected chi connectivity index (χ2v) is 6.18. The quantitative estimate of drug-likeness (QED) is 0.683. The predicted molar refractivity (Wildman–Crippen MR) is 96.2 cm³/mol. The summed E-state index contributed by atoms with van der Waals surface area (Å²) in [5, 5.41) is 7.37. The fourth-order valence-corrected chi connectivity index (χ4v) is 2.50. The molecule has 0 unspecified atom stereocenters. The number of nitrogens with zero attached hydrogens (tertiary/aromatic N) is 2. The topological polar surface area (TPSA) is 68.0 Å². The van der Waals surface area contributed by atoms with Crippen LogP contribution in [0.5, 0.6) is 0 Å². The van der Waals surface area contributed by atoms with Crippen molar-refractivity contribution in [3.8, 4) is 11.4 Å². The van der Waals surface area contributed by atoms with Crippen LogP contribution in [0.1, 0.15) is 17.9 Å². The molecular formula is C19H17ClFN3O2. The summed E-state index contributed by atoms with van der Waals surface area (Å²) in [7, 11) is 0. The molecule has 0 aliphatic rings. The molecule has 1 aromatic heterocycles. The van der Waals surface area contributed by atoms with Gasteiger partial charge in [-0.2, -0.15) is 4.98 Å². The van der Waals surface area contributed by atoms with E-state index in [2.05, 4.69) is 15.5 Å². The molecule has 1 N–H and O–H groups in total. The minimum absolute atomic E-state index is 0.0987. The molecule has 0 spiro atoms. The van der Waals surface area contributed by atoms with Crippen LogP contribution in [-0.4, -0.2) is 22.6 Å². The third-order valence-corrected chi connectivity index (χ3v) is 4.04. The maximum atomic E-state index is 12.8. The molecular weight excluding hydrogens is 357 g/mol. The summed E-state index contributed by atoms with van der Waals surface area (Å²) in [6.45, 7) is 0.490. The minimum Gasteiger partial charge on any atom is -0.356 e. The third kappa shape index (κ3) is 5.13. The first kappa shape index (κ1) is 18.1. The number of hydrogen-bond donors (Lipinski definition) is 1. The van der Waals surface area contributed by atoms with E-state index in [0.717, 1.165) is 11.1 Å². The van der Waals surface area contributed by atoms with Crippen molar-refractivity contribution in [2.75, 3.05) is 6.54 Å². The van der Waals surface area contributed by atoms with Gasteiger partial charge in [0.1, 0.15) is 5.82 Å². The molecule has 3 rings (SSSR count). The fourth-order valence-electron chi connectivity index (χ4n) is 2.38. The SMILES string of the molecule is O=C(CCc1nc(-c2ccc(Cl)cc2)no1)NCCc1ccc(F)cc1. The largest absolute Gasteiger partial charge is 0.356 e. The van der Waals surface area contributed by atoms with Crippen LogP contribution in [0.2, 0.25) is 5.02 Å². The van der Waals surface area contributed by atoms with Crippen molar-refractivity contribution in [2.45, 2.75) is 19.3 Å². The van der Waals surface area contributed by atoms with E-state index in [-0.39, 0.29) is 18.1 Å². The highest BCUT2D eigenvalue weighted by molar-refractivity contribution is 6.30. The van der Waals surface area contributed by atoms with Crippen molar-refractivity contribution < 1.29 is 13.7 Å². The number of carbonyl (C=O) groups excluding carboxylic acids is 1. The van der Waals surface area contributed by atoms with E-state index < -0.39 is 0 Å². The predicted octanol–water partition coefficient (Wildman–Crippen LogP) is 3.82. The molecule has 2 aromatic carbocycles. The molecule has 0 radical (unpaired) electrons. The Morgan fingerprint density at radius 1 is 1.08 bits per heavy atom. The Morgan fingerprint density at radius 3 is 2.54 bits per heavy atom. The number of benzene rings is 2. The molecule has 7 heteroatoms. The lowest BCUT2D eigenvalue weighted by Gasteiger charge is -2.04. The molecule has 3 aromatic rings. The number of aromatic nitrogens is 2. The normalized spacial score (nSPS) is 10.7. The summed E-state index contributed by atoms with van der Waals surface area (Å²) in [6, 6.07) is 13.3. The van der Waals surface area contributed by atoms with E-state index >= 15 is 0 Å². The summed E-state index contributed by atoms with van der Waals surface area (Å²) < 4.78 is 18.0. The number of carbonyl (C=O) groups is 1. The molecule has 0 aliphatic carbocycles.